The van der Waals surface area contributed by atoms with Gasteiger partial charge < -0.3 is 11.1 Å². The first-order valence-corrected chi connectivity index (χ1v) is 6.14. The molecule has 1 saturated carbocycles. The number of rotatable bonds is 3. The molecule has 4 heteroatoms. The average Bonchev–Trinajstić information content (AvgIpc) is 2.78. The Morgan fingerprint density at radius 3 is 2.50 bits per heavy atom. The molecule has 0 heterocycles. The quantitative estimate of drug-likeness (QED) is 0.804. The van der Waals surface area contributed by atoms with Crippen molar-refractivity contribution in [3.05, 3.63) is 22.2 Å². The molecule has 1 atom stereocenters. The van der Waals surface area contributed by atoms with Gasteiger partial charge in [0.05, 0.1) is 21.4 Å². The molecule has 88 valence electrons. The Morgan fingerprint density at radius 2 is 1.94 bits per heavy atom. The molecular formula is C12H16Cl2N2. The summed E-state index contributed by atoms with van der Waals surface area (Å²) in [7, 11) is 0. The van der Waals surface area contributed by atoms with Gasteiger partial charge in [0.1, 0.15) is 0 Å². The zero-order chi connectivity index (χ0) is 11.9. The molecule has 1 aromatic rings. The summed E-state index contributed by atoms with van der Waals surface area (Å²) in [6.45, 7) is 5.49. The molecule has 2 nitrogen and oxygen atoms in total. The fraction of sp³-hybridized carbons (Fsp3) is 0.500. The van der Waals surface area contributed by atoms with Gasteiger partial charge in [-0.1, -0.05) is 37.0 Å². The van der Waals surface area contributed by atoms with E-state index in [1.165, 1.54) is 6.42 Å². The second-order valence-corrected chi connectivity index (χ2v) is 5.94. The maximum atomic E-state index is 5.95. The lowest BCUT2D eigenvalue weighted by Gasteiger charge is -2.11. The van der Waals surface area contributed by atoms with Gasteiger partial charge in [-0.2, -0.15) is 0 Å². The smallest absolute Gasteiger partial charge is 0.0614 e. The number of nitrogens with one attached hydrogen (secondary N) is 1. The molecule has 1 unspecified atom stereocenters. The standard InChI is InChI=1S/C12H16Cl2N2/c1-12(2)5-7(12)6-16-11-4-9(14)8(13)3-10(11)15/h3-4,7,16H,5-6,15H2,1-2H3. The lowest BCUT2D eigenvalue weighted by molar-refractivity contribution is 0.573. The van der Waals surface area contributed by atoms with Crippen LogP contribution in [0.4, 0.5) is 11.4 Å². The molecule has 0 spiro atoms. The predicted octanol–water partition coefficient (Wildman–Crippen LogP) is 4.03. The van der Waals surface area contributed by atoms with Crippen molar-refractivity contribution in [2.75, 3.05) is 17.6 Å². The number of benzene rings is 1. The SMILES string of the molecule is CC1(C)CC1CNc1cc(Cl)c(Cl)cc1N. The molecule has 1 aromatic carbocycles. The maximum Gasteiger partial charge on any atom is 0.0614 e. The Kier molecular flexibility index (Phi) is 2.97. The van der Waals surface area contributed by atoms with Crippen LogP contribution in [-0.4, -0.2) is 6.54 Å². The topological polar surface area (TPSA) is 38.0 Å². The van der Waals surface area contributed by atoms with E-state index in [4.69, 9.17) is 28.9 Å². The van der Waals surface area contributed by atoms with Gasteiger partial charge in [-0.3, -0.25) is 0 Å². The third kappa shape index (κ3) is 2.38. The molecule has 16 heavy (non-hydrogen) atoms. The van der Waals surface area contributed by atoms with Crippen molar-refractivity contribution in [3.63, 3.8) is 0 Å². The minimum absolute atomic E-state index is 0.470. The van der Waals surface area contributed by atoms with Crippen LogP contribution >= 0.6 is 23.2 Å². The summed E-state index contributed by atoms with van der Waals surface area (Å²) in [5.41, 5.74) is 7.85. The van der Waals surface area contributed by atoms with Crippen LogP contribution in [0.3, 0.4) is 0 Å². The molecule has 3 N–H and O–H groups in total. The van der Waals surface area contributed by atoms with Crippen molar-refractivity contribution in [1.29, 1.82) is 0 Å². The summed E-state index contributed by atoms with van der Waals surface area (Å²) < 4.78 is 0. The van der Waals surface area contributed by atoms with E-state index >= 15 is 0 Å². The summed E-state index contributed by atoms with van der Waals surface area (Å²) >= 11 is 11.8. The van der Waals surface area contributed by atoms with Gasteiger partial charge in [0.25, 0.3) is 0 Å². The largest absolute Gasteiger partial charge is 0.397 e. The Bertz CT molecular complexity index is 416. The lowest BCUT2D eigenvalue weighted by Crippen LogP contribution is -2.08. The van der Waals surface area contributed by atoms with Crippen LogP contribution in [0.25, 0.3) is 0 Å². The van der Waals surface area contributed by atoms with Crippen molar-refractivity contribution < 1.29 is 0 Å². The fourth-order valence-electron chi connectivity index (χ4n) is 1.87. The van der Waals surface area contributed by atoms with Gasteiger partial charge in [-0.25, -0.2) is 0 Å². The van der Waals surface area contributed by atoms with E-state index < -0.39 is 0 Å². The van der Waals surface area contributed by atoms with E-state index in [0.29, 0.717) is 21.1 Å². The van der Waals surface area contributed by atoms with Crippen LogP contribution in [0.5, 0.6) is 0 Å². The van der Waals surface area contributed by atoms with Gasteiger partial charge in [0, 0.05) is 6.54 Å². The Hall–Kier alpha value is -0.600. The maximum absolute atomic E-state index is 5.95. The number of hydrogen-bond acceptors (Lipinski definition) is 2. The van der Waals surface area contributed by atoms with Crippen LogP contribution in [0.15, 0.2) is 12.1 Å². The second-order valence-electron chi connectivity index (χ2n) is 5.12. The fourth-order valence-corrected chi connectivity index (χ4v) is 2.21. The van der Waals surface area contributed by atoms with E-state index in [9.17, 15) is 0 Å². The number of nitrogen functional groups attached to an aromatic ring is 1. The first-order chi connectivity index (χ1) is 7.40. The summed E-state index contributed by atoms with van der Waals surface area (Å²) in [5.74, 6) is 0.723. The molecule has 0 radical (unpaired) electrons. The van der Waals surface area contributed by atoms with Gasteiger partial charge in [0.15, 0.2) is 0 Å². The normalized spacial score (nSPS) is 21.9. The van der Waals surface area contributed by atoms with E-state index in [1.807, 2.05) is 0 Å². The molecule has 1 aliphatic carbocycles. The molecule has 0 saturated heterocycles. The van der Waals surface area contributed by atoms with Crippen molar-refractivity contribution in [1.82, 2.24) is 0 Å². The highest BCUT2D eigenvalue weighted by Crippen LogP contribution is 2.51. The Labute approximate surface area is 106 Å². The Balaban J connectivity index is 2.02. The van der Waals surface area contributed by atoms with Crippen LogP contribution in [-0.2, 0) is 0 Å². The van der Waals surface area contributed by atoms with Crippen LogP contribution in [0, 0.1) is 11.3 Å². The first-order valence-electron chi connectivity index (χ1n) is 5.38. The van der Waals surface area contributed by atoms with E-state index in [2.05, 4.69) is 19.2 Å². The zero-order valence-corrected chi connectivity index (χ0v) is 11.0. The van der Waals surface area contributed by atoms with Gasteiger partial charge in [-0.15, -0.1) is 0 Å². The number of halogens is 2. The molecule has 1 aliphatic rings. The third-order valence-corrected chi connectivity index (χ3v) is 4.07. The second kappa shape index (κ2) is 4.01. The molecule has 2 rings (SSSR count). The average molecular weight is 259 g/mol. The van der Waals surface area contributed by atoms with Crippen molar-refractivity contribution in [2.45, 2.75) is 20.3 Å². The summed E-state index contributed by atoms with van der Waals surface area (Å²) in [5, 5.41) is 4.36. The molecule has 0 bridgehead atoms. The van der Waals surface area contributed by atoms with Crippen LogP contribution in [0.2, 0.25) is 10.0 Å². The third-order valence-electron chi connectivity index (χ3n) is 3.35. The predicted molar refractivity (Wildman–Crippen MR) is 71.3 cm³/mol. The highest BCUT2D eigenvalue weighted by Gasteiger charge is 2.44. The monoisotopic (exact) mass is 258 g/mol. The number of anilines is 2. The van der Waals surface area contributed by atoms with Crippen LogP contribution < -0.4 is 11.1 Å². The molecule has 0 aliphatic heterocycles. The van der Waals surface area contributed by atoms with Crippen LogP contribution in [0.1, 0.15) is 20.3 Å². The number of hydrogen-bond donors (Lipinski definition) is 2. The number of nitrogens with two attached hydrogens (primary N) is 1. The summed E-state index contributed by atoms with van der Waals surface area (Å²) in [4.78, 5) is 0. The van der Waals surface area contributed by atoms with Gasteiger partial charge in [0.2, 0.25) is 0 Å². The lowest BCUT2D eigenvalue weighted by atomic mass is 10.1. The Morgan fingerprint density at radius 1 is 1.38 bits per heavy atom. The van der Waals surface area contributed by atoms with E-state index in [0.717, 1.165) is 18.2 Å². The summed E-state index contributed by atoms with van der Waals surface area (Å²) in [6.07, 6.45) is 1.27. The van der Waals surface area contributed by atoms with Crippen molar-refractivity contribution in [2.24, 2.45) is 11.3 Å². The van der Waals surface area contributed by atoms with E-state index in [-0.39, 0.29) is 0 Å². The van der Waals surface area contributed by atoms with Gasteiger partial charge >= 0.3 is 0 Å². The zero-order valence-electron chi connectivity index (χ0n) is 9.48. The summed E-state index contributed by atoms with van der Waals surface area (Å²) in [6, 6.07) is 3.47. The molecule has 0 aromatic heterocycles. The van der Waals surface area contributed by atoms with Crippen molar-refractivity contribution in [3.8, 4) is 0 Å². The first kappa shape index (κ1) is 11.9. The molecular weight excluding hydrogens is 243 g/mol. The highest BCUT2D eigenvalue weighted by molar-refractivity contribution is 6.42. The van der Waals surface area contributed by atoms with Gasteiger partial charge in [-0.05, 0) is 29.9 Å². The molecule has 0 amide bonds. The van der Waals surface area contributed by atoms with Crippen molar-refractivity contribution >= 4 is 34.6 Å². The minimum Gasteiger partial charge on any atom is -0.397 e. The van der Waals surface area contributed by atoms with E-state index in [1.54, 1.807) is 12.1 Å². The minimum atomic E-state index is 0.470. The highest BCUT2D eigenvalue weighted by atomic mass is 35.5. The molecule has 1 fully saturated rings.